The molecule has 6 heteroatoms. The van der Waals surface area contributed by atoms with Gasteiger partial charge < -0.3 is 15.4 Å². The van der Waals surface area contributed by atoms with Crippen LogP contribution in [-0.4, -0.2) is 23.1 Å². The van der Waals surface area contributed by atoms with E-state index >= 15 is 0 Å². The molecule has 0 aliphatic rings. The van der Waals surface area contributed by atoms with E-state index < -0.39 is 7.12 Å². The smallest absolute Gasteiger partial charge is 0.423 e. The predicted molar refractivity (Wildman–Crippen MR) is 80.4 cm³/mol. The highest BCUT2D eigenvalue weighted by atomic mass is 35.5. The van der Waals surface area contributed by atoms with Crippen molar-refractivity contribution in [3.05, 3.63) is 58.6 Å². The van der Waals surface area contributed by atoms with Crippen molar-refractivity contribution in [1.29, 1.82) is 0 Å². The lowest BCUT2D eigenvalue weighted by Gasteiger charge is -2.08. The number of halogens is 1. The number of nitrogens with one attached hydrogen (secondary N) is 1. The van der Waals surface area contributed by atoms with Crippen molar-refractivity contribution in [2.75, 3.05) is 5.32 Å². The number of amides is 1. The summed E-state index contributed by atoms with van der Waals surface area (Å²) in [5.41, 5.74) is 2.28. The second-order valence-electron chi connectivity index (χ2n) is 4.43. The predicted octanol–water partition coefficient (Wildman–Crippen LogP) is 1.58. The summed E-state index contributed by atoms with van der Waals surface area (Å²) in [5.74, 6) is -0.349. The molecular formula is C14H13BClNO3. The molecule has 4 nitrogen and oxygen atoms in total. The lowest BCUT2D eigenvalue weighted by Crippen LogP contribution is -2.30. The van der Waals surface area contributed by atoms with Crippen molar-refractivity contribution in [3.8, 4) is 0 Å². The largest absolute Gasteiger partial charge is 0.488 e. The molecule has 0 saturated carbocycles. The third-order valence-electron chi connectivity index (χ3n) is 2.85. The Balaban J connectivity index is 2.19. The molecule has 0 unspecified atom stereocenters. The average Bonchev–Trinajstić information content (AvgIpc) is 2.41. The Morgan fingerprint density at radius 2 is 1.80 bits per heavy atom. The molecule has 0 radical (unpaired) electrons. The zero-order valence-electron chi connectivity index (χ0n) is 10.8. The molecule has 2 aromatic rings. The quantitative estimate of drug-likeness (QED) is 0.751. The molecule has 2 rings (SSSR count). The van der Waals surface area contributed by atoms with Gasteiger partial charge in [0.2, 0.25) is 0 Å². The monoisotopic (exact) mass is 289 g/mol. The van der Waals surface area contributed by atoms with E-state index in [4.69, 9.17) is 21.6 Å². The molecule has 102 valence electrons. The maximum Gasteiger partial charge on any atom is 0.488 e. The van der Waals surface area contributed by atoms with Crippen LogP contribution in [0.2, 0.25) is 5.02 Å². The number of benzene rings is 2. The van der Waals surface area contributed by atoms with Gasteiger partial charge in [0.15, 0.2) is 0 Å². The van der Waals surface area contributed by atoms with Crippen LogP contribution in [0.15, 0.2) is 42.5 Å². The molecule has 0 saturated heterocycles. The van der Waals surface area contributed by atoms with Crippen molar-refractivity contribution in [1.82, 2.24) is 0 Å². The summed E-state index contributed by atoms with van der Waals surface area (Å²) in [6.45, 7) is 1.96. The van der Waals surface area contributed by atoms with E-state index in [2.05, 4.69) is 5.32 Å². The van der Waals surface area contributed by atoms with Crippen LogP contribution >= 0.6 is 11.6 Å². The van der Waals surface area contributed by atoms with Gasteiger partial charge in [0.25, 0.3) is 5.91 Å². The van der Waals surface area contributed by atoms with Crippen LogP contribution in [0.4, 0.5) is 5.69 Å². The summed E-state index contributed by atoms with van der Waals surface area (Å²) >= 11 is 5.98. The van der Waals surface area contributed by atoms with E-state index in [9.17, 15) is 4.79 Å². The van der Waals surface area contributed by atoms with Crippen LogP contribution < -0.4 is 10.8 Å². The van der Waals surface area contributed by atoms with Crippen molar-refractivity contribution < 1.29 is 14.8 Å². The van der Waals surface area contributed by atoms with Gasteiger partial charge in [0.05, 0.1) is 10.6 Å². The number of hydrogen-bond acceptors (Lipinski definition) is 3. The highest BCUT2D eigenvalue weighted by Gasteiger charge is 2.16. The maximum atomic E-state index is 12.1. The van der Waals surface area contributed by atoms with Crippen LogP contribution in [-0.2, 0) is 0 Å². The van der Waals surface area contributed by atoms with Crippen LogP contribution in [0, 0.1) is 6.92 Å². The summed E-state index contributed by atoms with van der Waals surface area (Å²) in [7, 11) is -1.61. The maximum absolute atomic E-state index is 12.1. The minimum atomic E-state index is -1.61. The fraction of sp³-hybridized carbons (Fsp3) is 0.0714. The van der Waals surface area contributed by atoms with Crippen LogP contribution in [0.25, 0.3) is 0 Å². The average molecular weight is 290 g/mol. The first-order valence-electron chi connectivity index (χ1n) is 6.01. The number of aryl methyl sites for hydroxylation is 1. The van der Waals surface area contributed by atoms with Gasteiger partial charge >= 0.3 is 7.12 Å². The third-order valence-corrected chi connectivity index (χ3v) is 3.16. The normalized spacial score (nSPS) is 10.2. The fourth-order valence-corrected chi connectivity index (χ4v) is 1.99. The molecule has 0 bridgehead atoms. The Hall–Kier alpha value is -1.82. The molecule has 0 aliphatic carbocycles. The van der Waals surface area contributed by atoms with E-state index in [1.807, 2.05) is 19.1 Å². The Morgan fingerprint density at radius 3 is 2.35 bits per heavy atom. The molecule has 0 spiro atoms. The molecule has 0 fully saturated rings. The van der Waals surface area contributed by atoms with Gasteiger partial charge in [-0.1, -0.05) is 35.4 Å². The van der Waals surface area contributed by atoms with Crippen molar-refractivity contribution >= 4 is 35.8 Å². The summed E-state index contributed by atoms with van der Waals surface area (Å²) in [4.78, 5) is 12.1. The van der Waals surface area contributed by atoms with Crippen molar-refractivity contribution in [2.45, 2.75) is 6.92 Å². The van der Waals surface area contributed by atoms with E-state index in [0.29, 0.717) is 5.69 Å². The van der Waals surface area contributed by atoms with E-state index in [0.717, 1.165) is 5.56 Å². The molecule has 0 aliphatic heterocycles. The standard InChI is InChI=1S/C14H13BClNO3/c1-9-2-5-11(6-3-9)17-14(18)12-7-4-10(15(19)20)8-13(12)16/h2-8,19-20H,1H3,(H,17,18). The second-order valence-corrected chi connectivity index (χ2v) is 4.84. The van der Waals surface area contributed by atoms with E-state index in [1.165, 1.54) is 18.2 Å². The molecule has 2 aromatic carbocycles. The Labute approximate surface area is 122 Å². The number of rotatable bonds is 3. The molecule has 0 atom stereocenters. The van der Waals surface area contributed by atoms with Crippen LogP contribution in [0.1, 0.15) is 15.9 Å². The SMILES string of the molecule is Cc1ccc(NC(=O)c2ccc(B(O)O)cc2Cl)cc1. The summed E-state index contributed by atoms with van der Waals surface area (Å²) in [6, 6.07) is 11.6. The lowest BCUT2D eigenvalue weighted by atomic mass is 9.80. The summed E-state index contributed by atoms with van der Waals surface area (Å²) in [5, 5.41) is 21.0. The van der Waals surface area contributed by atoms with Gasteiger partial charge in [-0.3, -0.25) is 4.79 Å². The first-order valence-corrected chi connectivity index (χ1v) is 6.39. The fourth-order valence-electron chi connectivity index (χ4n) is 1.71. The highest BCUT2D eigenvalue weighted by molar-refractivity contribution is 6.59. The molecular weight excluding hydrogens is 276 g/mol. The minimum Gasteiger partial charge on any atom is -0.423 e. The molecule has 0 heterocycles. The lowest BCUT2D eigenvalue weighted by molar-refractivity contribution is 0.102. The molecule has 20 heavy (non-hydrogen) atoms. The first kappa shape index (κ1) is 14.6. The van der Waals surface area contributed by atoms with E-state index in [1.54, 1.807) is 12.1 Å². The van der Waals surface area contributed by atoms with Crippen molar-refractivity contribution in [3.63, 3.8) is 0 Å². The van der Waals surface area contributed by atoms with Gasteiger partial charge in [-0.05, 0) is 36.7 Å². The van der Waals surface area contributed by atoms with Crippen LogP contribution in [0.5, 0.6) is 0 Å². The van der Waals surface area contributed by atoms with Crippen molar-refractivity contribution in [2.24, 2.45) is 0 Å². The minimum absolute atomic E-state index is 0.167. The number of hydrogen-bond donors (Lipinski definition) is 3. The first-order chi connectivity index (χ1) is 9.47. The summed E-state index contributed by atoms with van der Waals surface area (Å²) < 4.78 is 0. The molecule has 0 aromatic heterocycles. The zero-order valence-corrected chi connectivity index (χ0v) is 11.6. The number of carbonyl (C=O) groups is 1. The highest BCUT2D eigenvalue weighted by Crippen LogP contribution is 2.17. The van der Waals surface area contributed by atoms with E-state index in [-0.39, 0.29) is 22.0 Å². The Kier molecular flexibility index (Phi) is 4.44. The third kappa shape index (κ3) is 3.39. The topological polar surface area (TPSA) is 69.6 Å². The van der Waals surface area contributed by atoms with Gasteiger partial charge in [0, 0.05) is 5.69 Å². The molecule has 3 N–H and O–H groups in total. The van der Waals surface area contributed by atoms with Gasteiger partial charge in [-0.25, -0.2) is 0 Å². The Bertz CT molecular complexity index is 629. The van der Waals surface area contributed by atoms with Gasteiger partial charge in [0.1, 0.15) is 0 Å². The molecule has 1 amide bonds. The van der Waals surface area contributed by atoms with Gasteiger partial charge in [-0.2, -0.15) is 0 Å². The van der Waals surface area contributed by atoms with Crippen LogP contribution in [0.3, 0.4) is 0 Å². The number of carbonyl (C=O) groups excluding carboxylic acids is 1. The van der Waals surface area contributed by atoms with Gasteiger partial charge in [-0.15, -0.1) is 0 Å². The number of anilines is 1. The Morgan fingerprint density at radius 1 is 1.15 bits per heavy atom. The zero-order chi connectivity index (χ0) is 14.7. The second kappa shape index (κ2) is 6.09. The summed E-state index contributed by atoms with van der Waals surface area (Å²) in [6.07, 6.45) is 0.